The fourth-order valence-electron chi connectivity index (χ4n) is 4.91. The molecule has 0 bridgehead atoms. The van der Waals surface area contributed by atoms with Crippen LogP contribution in [-0.4, -0.2) is 48.2 Å². The van der Waals surface area contributed by atoms with Gasteiger partial charge in [0.2, 0.25) is 0 Å². The summed E-state index contributed by atoms with van der Waals surface area (Å²) in [6.07, 6.45) is 0.861. The van der Waals surface area contributed by atoms with Crippen molar-refractivity contribution in [1.29, 1.82) is 0 Å². The Bertz CT molecular complexity index is 1660. The van der Waals surface area contributed by atoms with Crippen LogP contribution >= 0.6 is 11.3 Å². The average Bonchev–Trinajstić information content (AvgIpc) is 3.53. The number of carbonyl (C=O) groups is 2. The predicted octanol–water partition coefficient (Wildman–Crippen LogP) is 5.88. The Kier molecular flexibility index (Phi) is 7.23. The van der Waals surface area contributed by atoms with Crippen LogP contribution < -0.4 is 23.8 Å². The van der Waals surface area contributed by atoms with E-state index in [0.717, 1.165) is 11.1 Å². The molecule has 2 aliphatic heterocycles. The number of aliphatic hydroxyl groups excluding tert-OH is 1. The first-order valence-electron chi connectivity index (χ1n) is 13.5. The van der Waals surface area contributed by atoms with E-state index in [1.54, 1.807) is 42.5 Å². The van der Waals surface area contributed by atoms with Crippen LogP contribution in [0.4, 0.5) is 5.13 Å². The second kappa shape index (κ2) is 11.1. The van der Waals surface area contributed by atoms with E-state index < -0.39 is 17.7 Å². The van der Waals surface area contributed by atoms with Gasteiger partial charge in [-0.1, -0.05) is 30.4 Å². The van der Waals surface area contributed by atoms with Crippen LogP contribution in [0.2, 0.25) is 0 Å². The standard InChI is InChI=1S/C31H28N2O7S/c1-3-13-38-20-8-5-18(6-9-20)27-26(28(34)19-7-12-23-24(16-19)40-15-14-39-23)29(35)30(36)33(27)31-32-22-11-10-21(37-4-2)17-25(22)41-31/h5-12,16-17,27,34H,3-4,13-15H2,1-2H3/b28-26-. The minimum Gasteiger partial charge on any atom is -0.507 e. The lowest BCUT2D eigenvalue weighted by Crippen LogP contribution is -2.29. The highest BCUT2D eigenvalue weighted by Crippen LogP contribution is 2.45. The molecule has 41 heavy (non-hydrogen) atoms. The number of hydrogen-bond acceptors (Lipinski definition) is 9. The van der Waals surface area contributed by atoms with Crippen molar-refractivity contribution in [2.45, 2.75) is 26.3 Å². The Hall–Kier alpha value is -4.57. The summed E-state index contributed by atoms with van der Waals surface area (Å²) in [7, 11) is 0. The molecule has 1 atom stereocenters. The molecule has 1 amide bonds. The molecule has 6 rings (SSSR count). The maximum atomic E-state index is 13.6. The molecular formula is C31H28N2O7S. The molecular weight excluding hydrogens is 544 g/mol. The van der Waals surface area contributed by atoms with Crippen molar-refractivity contribution < 1.29 is 33.6 Å². The molecule has 4 aromatic rings. The normalized spacial score (nSPS) is 17.7. The number of aromatic nitrogens is 1. The Morgan fingerprint density at radius 2 is 1.73 bits per heavy atom. The van der Waals surface area contributed by atoms with E-state index in [0.29, 0.717) is 71.2 Å². The third kappa shape index (κ3) is 4.95. The van der Waals surface area contributed by atoms with Crippen LogP contribution in [-0.2, 0) is 9.59 Å². The molecule has 1 aromatic heterocycles. The summed E-state index contributed by atoms with van der Waals surface area (Å²) < 4.78 is 23.4. The van der Waals surface area contributed by atoms with Gasteiger partial charge < -0.3 is 24.1 Å². The van der Waals surface area contributed by atoms with E-state index in [2.05, 4.69) is 4.98 Å². The zero-order chi connectivity index (χ0) is 28.5. The highest BCUT2D eigenvalue weighted by Gasteiger charge is 2.48. The predicted molar refractivity (Wildman–Crippen MR) is 155 cm³/mol. The van der Waals surface area contributed by atoms with Gasteiger partial charge in [0.05, 0.1) is 35.0 Å². The number of ketones is 1. The zero-order valence-corrected chi connectivity index (χ0v) is 23.4. The van der Waals surface area contributed by atoms with Gasteiger partial charge in [0.1, 0.15) is 30.5 Å². The lowest BCUT2D eigenvalue weighted by Gasteiger charge is -2.23. The molecule has 9 nitrogen and oxygen atoms in total. The SMILES string of the molecule is CCCOc1ccc(C2/C(=C(/O)c3ccc4c(c3)OCCO4)C(=O)C(=O)N2c2nc3ccc(OCC)cc3s2)cc1. The summed E-state index contributed by atoms with van der Waals surface area (Å²) in [5, 5.41) is 11.9. The molecule has 210 valence electrons. The minimum absolute atomic E-state index is 0.0387. The summed E-state index contributed by atoms with van der Waals surface area (Å²) in [5.41, 5.74) is 1.60. The lowest BCUT2D eigenvalue weighted by molar-refractivity contribution is -0.132. The van der Waals surface area contributed by atoms with Crippen molar-refractivity contribution in [1.82, 2.24) is 4.98 Å². The number of carbonyl (C=O) groups excluding carboxylic acids is 2. The van der Waals surface area contributed by atoms with Gasteiger partial charge in [0.25, 0.3) is 5.78 Å². The van der Waals surface area contributed by atoms with Gasteiger partial charge in [-0.05, 0) is 67.4 Å². The molecule has 0 spiro atoms. The average molecular weight is 573 g/mol. The minimum atomic E-state index is -0.921. The van der Waals surface area contributed by atoms with E-state index in [1.807, 2.05) is 32.0 Å². The molecule has 1 unspecified atom stereocenters. The van der Waals surface area contributed by atoms with E-state index in [9.17, 15) is 14.7 Å². The molecule has 2 aliphatic rings. The van der Waals surface area contributed by atoms with E-state index >= 15 is 0 Å². The smallest absolute Gasteiger partial charge is 0.301 e. The van der Waals surface area contributed by atoms with E-state index in [1.165, 1.54) is 16.2 Å². The van der Waals surface area contributed by atoms with E-state index in [4.69, 9.17) is 18.9 Å². The Morgan fingerprint density at radius 1 is 0.976 bits per heavy atom. The lowest BCUT2D eigenvalue weighted by atomic mass is 9.95. The fourth-order valence-corrected chi connectivity index (χ4v) is 5.93. The molecule has 1 N–H and O–H groups in total. The number of benzene rings is 3. The quantitative estimate of drug-likeness (QED) is 0.158. The number of fused-ring (bicyclic) bond motifs is 2. The maximum absolute atomic E-state index is 13.6. The summed E-state index contributed by atoms with van der Waals surface area (Å²) in [5.74, 6) is 0.484. The van der Waals surface area contributed by atoms with Gasteiger partial charge in [-0.2, -0.15) is 0 Å². The first kappa shape index (κ1) is 26.6. The number of anilines is 1. The van der Waals surface area contributed by atoms with Crippen LogP contribution in [0.1, 0.15) is 37.4 Å². The van der Waals surface area contributed by atoms with Gasteiger partial charge in [0.15, 0.2) is 16.6 Å². The van der Waals surface area contributed by atoms with Gasteiger partial charge >= 0.3 is 5.91 Å². The summed E-state index contributed by atoms with van der Waals surface area (Å²) >= 11 is 1.28. The largest absolute Gasteiger partial charge is 0.507 e. The Morgan fingerprint density at radius 3 is 2.49 bits per heavy atom. The van der Waals surface area contributed by atoms with Crippen molar-refractivity contribution in [2.24, 2.45) is 0 Å². The van der Waals surface area contributed by atoms with Crippen LogP contribution in [0.3, 0.4) is 0 Å². The number of amides is 1. The number of thiazole rings is 1. The molecule has 0 saturated carbocycles. The number of ether oxygens (including phenoxy) is 4. The topological polar surface area (TPSA) is 107 Å². The Balaban J connectivity index is 1.48. The highest BCUT2D eigenvalue weighted by molar-refractivity contribution is 7.22. The third-order valence-electron chi connectivity index (χ3n) is 6.79. The second-order valence-corrected chi connectivity index (χ2v) is 10.5. The van der Waals surface area contributed by atoms with Crippen LogP contribution in [0.15, 0.2) is 66.2 Å². The number of aliphatic hydroxyl groups is 1. The van der Waals surface area contributed by atoms with Gasteiger partial charge in [-0.3, -0.25) is 14.5 Å². The number of rotatable bonds is 8. The molecule has 0 aliphatic carbocycles. The van der Waals surface area contributed by atoms with Crippen molar-refractivity contribution in [2.75, 3.05) is 31.3 Å². The maximum Gasteiger partial charge on any atom is 0.301 e. The summed E-state index contributed by atoms with van der Waals surface area (Å²) in [6.45, 7) is 5.81. The third-order valence-corrected chi connectivity index (χ3v) is 7.81. The summed E-state index contributed by atoms with van der Waals surface area (Å²) in [6, 6.07) is 16.7. The number of nitrogens with zero attached hydrogens (tertiary/aromatic N) is 2. The van der Waals surface area contributed by atoms with Crippen LogP contribution in [0, 0.1) is 0 Å². The van der Waals surface area contributed by atoms with Crippen LogP contribution in [0.5, 0.6) is 23.0 Å². The molecule has 10 heteroatoms. The fraction of sp³-hybridized carbons (Fsp3) is 0.258. The second-order valence-electron chi connectivity index (χ2n) is 9.50. The molecule has 1 fully saturated rings. The Labute approximate surface area is 240 Å². The molecule has 1 saturated heterocycles. The van der Waals surface area contributed by atoms with Gasteiger partial charge in [-0.25, -0.2) is 4.98 Å². The zero-order valence-electron chi connectivity index (χ0n) is 22.6. The van der Waals surface area contributed by atoms with Crippen molar-refractivity contribution in [3.63, 3.8) is 0 Å². The van der Waals surface area contributed by atoms with Crippen molar-refractivity contribution >= 4 is 44.1 Å². The van der Waals surface area contributed by atoms with Crippen molar-refractivity contribution in [3.8, 4) is 23.0 Å². The molecule has 3 aromatic carbocycles. The molecule has 0 radical (unpaired) electrons. The van der Waals surface area contributed by atoms with E-state index in [-0.39, 0.29) is 11.3 Å². The van der Waals surface area contributed by atoms with Crippen LogP contribution in [0.25, 0.3) is 16.0 Å². The monoisotopic (exact) mass is 572 g/mol. The first-order valence-corrected chi connectivity index (χ1v) is 14.3. The van der Waals surface area contributed by atoms with Gasteiger partial charge in [0, 0.05) is 5.56 Å². The first-order chi connectivity index (χ1) is 20.0. The van der Waals surface area contributed by atoms with Gasteiger partial charge in [-0.15, -0.1) is 0 Å². The summed E-state index contributed by atoms with van der Waals surface area (Å²) in [4.78, 5) is 33.3. The number of hydrogen-bond donors (Lipinski definition) is 1. The van der Waals surface area contributed by atoms with Crippen molar-refractivity contribution in [3.05, 3.63) is 77.4 Å². The highest BCUT2D eigenvalue weighted by atomic mass is 32.1. The molecule has 3 heterocycles. The number of Topliss-reactive ketones (excluding diaryl/α,β-unsaturated/α-hetero) is 1.